The molecule has 0 N–H and O–H groups in total. The van der Waals surface area contributed by atoms with Crippen LogP contribution in [-0.4, -0.2) is 11.7 Å². The molecular weight excluding hydrogens is 699 g/mol. The Labute approximate surface area is 305 Å². The summed E-state index contributed by atoms with van der Waals surface area (Å²) in [7, 11) is 0. The molecule has 0 unspecified atom stereocenters. The monoisotopic (exact) mass is 723 g/mol. The second-order valence-corrected chi connectivity index (χ2v) is 13.4. The molecule has 1 aromatic heterocycles. The van der Waals surface area contributed by atoms with E-state index in [9.17, 15) is 26.3 Å². The van der Waals surface area contributed by atoms with Gasteiger partial charge in [-0.2, -0.15) is 26.3 Å². The first-order valence-corrected chi connectivity index (χ1v) is 17.1. The van der Waals surface area contributed by atoms with E-state index < -0.39 is 23.5 Å². The van der Waals surface area contributed by atoms with E-state index in [2.05, 4.69) is 16.0 Å². The second kappa shape index (κ2) is 11.5. The van der Waals surface area contributed by atoms with Crippen molar-refractivity contribution in [3.05, 3.63) is 157 Å². The van der Waals surface area contributed by atoms with Gasteiger partial charge in [0.1, 0.15) is 11.5 Å². The van der Waals surface area contributed by atoms with Crippen molar-refractivity contribution >= 4 is 57.2 Å². The van der Waals surface area contributed by atoms with Crippen molar-refractivity contribution in [1.82, 2.24) is 4.98 Å². The summed E-state index contributed by atoms with van der Waals surface area (Å²) in [6.07, 6.45) is -7.27. The number of halogens is 6. The fraction of sp³-hybridized carbons (Fsp3) is 0.0465. The number of ether oxygens (including phenoxy) is 1. The van der Waals surface area contributed by atoms with Gasteiger partial charge in [0.15, 0.2) is 0 Å². The lowest BCUT2D eigenvalue weighted by atomic mass is 9.32. The summed E-state index contributed by atoms with van der Waals surface area (Å²) in [4.78, 5) is 8.67. The van der Waals surface area contributed by atoms with Crippen molar-refractivity contribution in [3.63, 3.8) is 0 Å². The van der Waals surface area contributed by atoms with E-state index in [-0.39, 0.29) is 6.71 Å². The van der Waals surface area contributed by atoms with Crippen LogP contribution in [0.5, 0.6) is 11.5 Å². The van der Waals surface area contributed by atoms with Gasteiger partial charge in [0.25, 0.3) is 6.71 Å². The Morgan fingerprint density at radius 1 is 0.500 bits per heavy atom. The zero-order valence-corrected chi connectivity index (χ0v) is 28.0. The van der Waals surface area contributed by atoms with Crippen molar-refractivity contribution in [2.75, 3.05) is 9.80 Å². The van der Waals surface area contributed by atoms with Crippen molar-refractivity contribution in [1.29, 1.82) is 0 Å². The average molecular weight is 723 g/mol. The Balaban J connectivity index is 1.23. The molecule has 7 aromatic rings. The first-order chi connectivity index (χ1) is 26.1. The van der Waals surface area contributed by atoms with Crippen LogP contribution >= 0.6 is 0 Å². The molecular formula is C43H24BF6N3O. The average Bonchev–Trinajstić information content (AvgIpc) is 3.18. The maximum absolute atomic E-state index is 13.7. The van der Waals surface area contributed by atoms with E-state index in [1.807, 2.05) is 83.8 Å². The first kappa shape index (κ1) is 32.2. The number of pyridine rings is 1. The fourth-order valence-corrected chi connectivity index (χ4v) is 8.07. The summed E-state index contributed by atoms with van der Waals surface area (Å²) in [5.74, 6) is 1.08. The molecule has 0 amide bonds. The standard InChI is InChI=1S/C43H24BF6N3O/c45-42(46,47)27-15-13-25(14-16-27)31-21-22-36-40-41(31)54-37-12-5-11-35-39(37)44(40)38-33(52(36)29-19-17-28(18-20-29)43(48,49)50)9-4-10-34(38)53(35)30-7-3-6-26(24-30)32-8-1-2-23-51-32/h1-24H. The number of benzene rings is 6. The van der Waals surface area contributed by atoms with Crippen LogP contribution in [0, 0.1) is 0 Å². The van der Waals surface area contributed by atoms with Gasteiger partial charge in [0, 0.05) is 51.4 Å². The van der Waals surface area contributed by atoms with Gasteiger partial charge in [-0.05, 0) is 119 Å². The molecule has 4 nitrogen and oxygen atoms in total. The SMILES string of the molecule is FC(F)(F)c1ccc(-c2ccc3c4c2Oc2cccc5c2B4c2c(cccc2N3c2ccc(C(F)(F)F)cc2)N5c2cccc(-c3ccccn3)c2)cc1. The highest BCUT2D eigenvalue weighted by atomic mass is 19.4. The molecule has 0 fully saturated rings. The Morgan fingerprint density at radius 3 is 1.78 bits per heavy atom. The Hall–Kier alpha value is -6.49. The second-order valence-electron chi connectivity index (χ2n) is 13.4. The van der Waals surface area contributed by atoms with Crippen LogP contribution in [0.2, 0.25) is 0 Å². The summed E-state index contributed by atoms with van der Waals surface area (Å²) >= 11 is 0. The molecule has 262 valence electrons. The van der Waals surface area contributed by atoms with E-state index >= 15 is 0 Å². The summed E-state index contributed by atoms with van der Waals surface area (Å²) in [6, 6.07) is 39.3. The zero-order chi connectivity index (χ0) is 36.9. The molecule has 10 rings (SSSR count). The number of anilines is 6. The fourth-order valence-electron chi connectivity index (χ4n) is 8.07. The van der Waals surface area contributed by atoms with Crippen molar-refractivity contribution in [3.8, 4) is 33.9 Å². The highest BCUT2D eigenvalue weighted by Gasteiger charge is 2.49. The van der Waals surface area contributed by atoms with Crippen LogP contribution in [0.3, 0.4) is 0 Å². The lowest BCUT2D eigenvalue weighted by Crippen LogP contribution is -2.63. The Bertz CT molecular complexity index is 2630. The van der Waals surface area contributed by atoms with Gasteiger partial charge < -0.3 is 14.5 Å². The van der Waals surface area contributed by atoms with Crippen molar-refractivity contribution in [2.45, 2.75) is 12.4 Å². The highest BCUT2D eigenvalue weighted by Crippen LogP contribution is 2.50. The van der Waals surface area contributed by atoms with Crippen LogP contribution in [0.15, 0.2) is 146 Å². The topological polar surface area (TPSA) is 28.6 Å². The number of rotatable bonds is 4. The number of nitrogens with zero attached hydrogens (tertiary/aromatic N) is 3. The molecule has 0 spiro atoms. The quantitative estimate of drug-likeness (QED) is 0.134. The predicted molar refractivity (Wildman–Crippen MR) is 199 cm³/mol. The molecule has 11 heteroatoms. The largest absolute Gasteiger partial charge is 0.458 e. The minimum Gasteiger partial charge on any atom is -0.458 e. The van der Waals surface area contributed by atoms with Crippen LogP contribution < -0.4 is 30.9 Å². The third-order valence-electron chi connectivity index (χ3n) is 10.4. The van der Waals surface area contributed by atoms with E-state index in [1.54, 1.807) is 12.3 Å². The molecule has 3 aliphatic rings. The van der Waals surface area contributed by atoms with Gasteiger partial charge in [-0.15, -0.1) is 0 Å². The van der Waals surface area contributed by atoms with Crippen LogP contribution in [0.25, 0.3) is 22.4 Å². The molecule has 6 aromatic carbocycles. The van der Waals surface area contributed by atoms with Gasteiger partial charge in [-0.25, -0.2) is 0 Å². The Morgan fingerprint density at radius 2 is 1.11 bits per heavy atom. The van der Waals surface area contributed by atoms with Crippen LogP contribution in [0.1, 0.15) is 11.1 Å². The Kier molecular flexibility index (Phi) is 6.86. The number of hydrogen-bond donors (Lipinski definition) is 0. The molecule has 0 radical (unpaired) electrons. The minimum absolute atomic E-state index is 0.364. The smallest absolute Gasteiger partial charge is 0.416 e. The molecule has 0 atom stereocenters. The van der Waals surface area contributed by atoms with E-state index in [1.165, 1.54) is 24.3 Å². The van der Waals surface area contributed by atoms with Gasteiger partial charge >= 0.3 is 12.4 Å². The maximum Gasteiger partial charge on any atom is 0.416 e. The van der Waals surface area contributed by atoms with Crippen LogP contribution in [0.4, 0.5) is 60.5 Å². The van der Waals surface area contributed by atoms with E-state index in [0.717, 1.165) is 74.7 Å². The predicted octanol–water partition coefficient (Wildman–Crippen LogP) is 10.6. The number of aromatic nitrogens is 1. The van der Waals surface area contributed by atoms with E-state index in [4.69, 9.17) is 4.74 Å². The van der Waals surface area contributed by atoms with Crippen LogP contribution in [-0.2, 0) is 12.4 Å². The molecule has 4 heterocycles. The zero-order valence-electron chi connectivity index (χ0n) is 28.0. The lowest BCUT2D eigenvalue weighted by Gasteiger charge is -2.46. The normalized spacial score (nSPS) is 13.8. The summed E-state index contributed by atoms with van der Waals surface area (Å²) < 4.78 is 88.7. The minimum atomic E-state index is -4.52. The van der Waals surface area contributed by atoms with Gasteiger partial charge in [-0.1, -0.05) is 42.5 Å². The van der Waals surface area contributed by atoms with Gasteiger partial charge in [0.2, 0.25) is 0 Å². The van der Waals surface area contributed by atoms with Gasteiger partial charge in [0.05, 0.1) is 16.8 Å². The number of alkyl halides is 6. The van der Waals surface area contributed by atoms with Crippen molar-refractivity contribution < 1.29 is 31.1 Å². The third-order valence-corrected chi connectivity index (χ3v) is 10.4. The number of hydrogen-bond acceptors (Lipinski definition) is 4. The molecule has 3 aliphatic heterocycles. The molecule has 0 saturated carbocycles. The van der Waals surface area contributed by atoms with Gasteiger partial charge in [-0.3, -0.25) is 4.98 Å². The molecule has 0 aliphatic carbocycles. The summed E-state index contributed by atoms with van der Waals surface area (Å²) in [6.45, 7) is -0.364. The molecule has 0 bridgehead atoms. The highest BCUT2D eigenvalue weighted by molar-refractivity contribution is 7.01. The van der Waals surface area contributed by atoms with E-state index in [0.29, 0.717) is 34.0 Å². The maximum atomic E-state index is 13.7. The lowest BCUT2D eigenvalue weighted by molar-refractivity contribution is -0.138. The van der Waals surface area contributed by atoms with Crippen molar-refractivity contribution in [2.24, 2.45) is 0 Å². The molecule has 0 saturated heterocycles. The third kappa shape index (κ3) is 4.84. The first-order valence-electron chi connectivity index (χ1n) is 17.1. The molecule has 54 heavy (non-hydrogen) atoms. The summed E-state index contributed by atoms with van der Waals surface area (Å²) in [5.41, 5.74) is 8.54. The summed E-state index contributed by atoms with van der Waals surface area (Å²) in [5, 5.41) is 0.